The lowest BCUT2D eigenvalue weighted by Crippen LogP contribution is -2.45. The van der Waals surface area contributed by atoms with E-state index in [1.165, 1.54) is 0 Å². The number of halogens is 3. The van der Waals surface area contributed by atoms with Gasteiger partial charge in [0.25, 0.3) is 0 Å². The topological polar surface area (TPSA) is 49.5 Å². The molecule has 3 N–H and O–H groups in total. The van der Waals surface area contributed by atoms with Crippen LogP contribution in [0.15, 0.2) is 0 Å². The minimum absolute atomic E-state index is 0.108. The van der Waals surface area contributed by atoms with Crippen LogP contribution in [0.1, 0.15) is 38.5 Å². The van der Waals surface area contributed by atoms with Crippen molar-refractivity contribution in [3.63, 3.8) is 0 Å². The number of piperidine rings is 1. The molecular weight excluding hydrogens is 269 g/mol. The van der Waals surface area contributed by atoms with Gasteiger partial charge in [0.05, 0.1) is 11.5 Å². The summed E-state index contributed by atoms with van der Waals surface area (Å²) in [6.45, 7) is 1.74. The molecule has 3 unspecified atom stereocenters. The van der Waals surface area contributed by atoms with Gasteiger partial charge in [-0.3, -0.25) is 0 Å². The lowest BCUT2D eigenvalue weighted by Gasteiger charge is -2.35. The van der Waals surface area contributed by atoms with Gasteiger partial charge in [0.2, 0.25) is 0 Å². The molecule has 6 heteroatoms. The number of nitrogens with zero attached hydrogens (tertiary/aromatic N) is 1. The van der Waals surface area contributed by atoms with Crippen LogP contribution in [0.25, 0.3) is 0 Å². The van der Waals surface area contributed by atoms with E-state index in [-0.39, 0.29) is 25.4 Å². The Morgan fingerprint density at radius 3 is 2.65 bits per heavy atom. The van der Waals surface area contributed by atoms with Crippen LogP contribution < -0.4 is 5.73 Å². The van der Waals surface area contributed by atoms with E-state index >= 15 is 0 Å². The van der Waals surface area contributed by atoms with Crippen LogP contribution >= 0.6 is 0 Å². The molecule has 118 valence electrons. The summed E-state index contributed by atoms with van der Waals surface area (Å²) in [5.74, 6) is -1.05. The summed E-state index contributed by atoms with van der Waals surface area (Å²) in [6.07, 6.45) is 0.140. The Hall–Kier alpha value is -0.330. The lowest BCUT2D eigenvalue weighted by molar-refractivity contribution is -0.186. The van der Waals surface area contributed by atoms with Crippen molar-refractivity contribution in [1.29, 1.82) is 0 Å². The van der Waals surface area contributed by atoms with Crippen LogP contribution in [0.3, 0.4) is 0 Å². The average Bonchev–Trinajstić information content (AvgIpc) is 2.78. The number of aliphatic hydroxyl groups is 1. The summed E-state index contributed by atoms with van der Waals surface area (Å²) in [5.41, 5.74) is 4.84. The Morgan fingerprint density at radius 2 is 2.00 bits per heavy atom. The van der Waals surface area contributed by atoms with E-state index in [4.69, 9.17) is 5.73 Å². The second-order valence-corrected chi connectivity index (χ2v) is 6.37. The van der Waals surface area contributed by atoms with E-state index in [0.29, 0.717) is 13.0 Å². The summed E-state index contributed by atoms with van der Waals surface area (Å²) >= 11 is 0. The SMILES string of the molecule is NCC1(O)CCCC1CCN1CCCC(C(F)(F)F)C1. The molecule has 1 saturated carbocycles. The summed E-state index contributed by atoms with van der Waals surface area (Å²) in [7, 11) is 0. The molecule has 1 aliphatic carbocycles. The molecule has 1 saturated heterocycles. The van der Waals surface area contributed by atoms with E-state index in [2.05, 4.69) is 0 Å². The maximum atomic E-state index is 12.8. The number of alkyl halides is 3. The predicted molar refractivity (Wildman–Crippen MR) is 71.2 cm³/mol. The first-order valence-corrected chi connectivity index (χ1v) is 7.56. The van der Waals surface area contributed by atoms with Gasteiger partial charge in [0.15, 0.2) is 0 Å². The molecule has 1 aliphatic heterocycles. The molecule has 0 spiro atoms. The minimum atomic E-state index is -4.08. The fourth-order valence-electron chi connectivity index (χ4n) is 3.67. The van der Waals surface area contributed by atoms with Gasteiger partial charge in [-0.1, -0.05) is 6.42 Å². The van der Waals surface area contributed by atoms with E-state index < -0.39 is 17.7 Å². The second-order valence-electron chi connectivity index (χ2n) is 6.37. The van der Waals surface area contributed by atoms with Crippen molar-refractivity contribution in [3.05, 3.63) is 0 Å². The normalized spacial score (nSPS) is 36.5. The van der Waals surface area contributed by atoms with Crippen molar-refractivity contribution in [2.24, 2.45) is 17.6 Å². The summed E-state index contributed by atoms with van der Waals surface area (Å²) < 4.78 is 38.3. The van der Waals surface area contributed by atoms with Gasteiger partial charge in [0.1, 0.15) is 0 Å². The van der Waals surface area contributed by atoms with Gasteiger partial charge in [-0.05, 0) is 51.1 Å². The molecule has 0 radical (unpaired) electrons. The molecule has 0 amide bonds. The first-order valence-electron chi connectivity index (χ1n) is 7.56. The molecule has 0 aromatic rings. The molecule has 0 bridgehead atoms. The molecule has 2 aliphatic rings. The smallest absolute Gasteiger partial charge is 0.388 e. The Kier molecular flexibility index (Phi) is 4.97. The molecule has 0 aromatic carbocycles. The van der Waals surface area contributed by atoms with Crippen molar-refractivity contribution in [2.75, 3.05) is 26.2 Å². The van der Waals surface area contributed by atoms with Gasteiger partial charge < -0.3 is 15.7 Å². The third-order valence-electron chi connectivity index (χ3n) is 5.04. The Balaban J connectivity index is 1.82. The molecule has 3 nitrogen and oxygen atoms in total. The van der Waals surface area contributed by atoms with Crippen LogP contribution in [0.4, 0.5) is 13.2 Å². The fraction of sp³-hybridized carbons (Fsp3) is 1.00. The summed E-state index contributed by atoms with van der Waals surface area (Å²) in [5, 5.41) is 10.3. The number of hydrogen-bond donors (Lipinski definition) is 2. The third kappa shape index (κ3) is 3.65. The quantitative estimate of drug-likeness (QED) is 0.835. The lowest BCUT2D eigenvalue weighted by atomic mass is 9.87. The van der Waals surface area contributed by atoms with Crippen LogP contribution in [0.2, 0.25) is 0 Å². The zero-order chi connectivity index (χ0) is 14.8. The van der Waals surface area contributed by atoms with Gasteiger partial charge in [-0.15, -0.1) is 0 Å². The van der Waals surface area contributed by atoms with Crippen LogP contribution in [0, 0.1) is 11.8 Å². The average molecular weight is 294 g/mol. The molecule has 2 fully saturated rings. The molecule has 20 heavy (non-hydrogen) atoms. The van der Waals surface area contributed by atoms with Crippen molar-refractivity contribution in [3.8, 4) is 0 Å². The highest BCUT2D eigenvalue weighted by molar-refractivity contribution is 4.93. The number of rotatable bonds is 4. The summed E-state index contributed by atoms with van der Waals surface area (Å²) in [4.78, 5) is 1.90. The van der Waals surface area contributed by atoms with Gasteiger partial charge in [0, 0.05) is 13.1 Å². The molecule has 3 atom stereocenters. The Bertz CT molecular complexity index is 324. The number of hydrogen-bond acceptors (Lipinski definition) is 3. The molecular formula is C14H25F3N2O. The van der Waals surface area contributed by atoms with Crippen LogP contribution in [-0.2, 0) is 0 Å². The van der Waals surface area contributed by atoms with E-state index in [9.17, 15) is 18.3 Å². The zero-order valence-electron chi connectivity index (χ0n) is 11.8. The van der Waals surface area contributed by atoms with Crippen molar-refractivity contribution < 1.29 is 18.3 Å². The summed E-state index contributed by atoms with van der Waals surface area (Å²) in [6, 6.07) is 0. The highest BCUT2D eigenvalue weighted by atomic mass is 19.4. The minimum Gasteiger partial charge on any atom is -0.388 e. The standard InChI is InChI=1S/C14H25F3N2O/c15-14(16,17)12-4-2-7-19(9-12)8-5-11-3-1-6-13(11,20)10-18/h11-12,20H,1-10,18H2. The van der Waals surface area contributed by atoms with E-state index in [1.807, 2.05) is 4.90 Å². The van der Waals surface area contributed by atoms with E-state index in [1.54, 1.807) is 0 Å². The largest absolute Gasteiger partial charge is 0.393 e. The number of likely N-dealkylation sites (tertiary alicyclic amines) is 1. The predicted octanol–water partition coefficient (Wildman–Crippen LogP) is 2.14. The number of nitrogens with two attached hydrogens (primary N) is 1. The van der Waals surface area contributed by atoms with Crippen molar-refractivity contribution in [2.45, 2.75) is 50.3 Å². The first-order chi connectivity index (χ1) is 9.35. The van der Waals surface area contributed by atoms with Crippen molar-refractivity contribution >= 4 is 0 Å². The van der Waals surface area contributed by atoms with Gasteiger partial charge in [-0.2, -0.15) is 13.2 Å². The van der Waals surface area contributed by atoms with E-state index in [0.717, 1.165) is 32.2 Å². The maximum absolute atomic E-state index is 12.8. The molecule has 1 heterocycles. The highest BCUT2D eigenvalue weighted by Gasteiger charge is 2.43. The monoisotopic (exact) mass is 294 g/mol. The Labute approximate surface area is 118 Å². The van der Waals surface area contributed by atoms with Crippen LogP contribution in [0.5, 0.6) is 0 Å². The fourth-order valence-corrected chi connectivity index (χ4v) is 3.67. The molecule has 0 aromatic heterocycles. The maximum Gasteiger partial charge on any atom is 0.393 e. The second kappa shape index (κ2) is 6.20. The third-order valence-corrected chi connectivity index (χ3v) is 5.04. The first kappa shape index (κ1) is 16.0. The van der Waals surface area contributed by atoms with Gasteiger partial charge >= 0.3 is 6.18 Å². The zero-order valence-corrected chi connectivity index (χ0v) is 11.8. The van der Waals surface area contributed by atoms with Gasteiger partial charge in [-0.25, -0.2) is 0 Å². The Morgan fingerprint density at radius 1 is 1.25 bits per heavy atom. The van der Waals surface area contributed by atoms with Crippen molar-refractivity contribution in [1.82, 2.24) is 4.90 Å². The molecule has 2 rings (SSSR count). The van der Waals surface area contributed by atoms with Crippen LogP contribution in [-0.4, -0.2) is 48.0 Å². The highest BCUT2D eigenvalue weighted by Crippen LogP contribution is 2.38.